The Balaban J connectivity index is 1.95. The van der Waals surface area contributed by atoms with Gasteiger partial charge in [0.2, 0.25) is 0 Å². The molecule has 4 rings (SSSR count). The van der Waals surface area contributed by atoms with Crippen LogP contribution in [-0.4, -0.2) is 14.1 Å². The molecule has 30 heavy (non-hydrogen) atoms. The average Bonchev–Trinajstić information content (AvgIpc) is 2.79. The third-order valence-electron chi connectivity index (χ3n) is 5.76. The van der Waals surface area contributed by atoms with E-state index in [0.717, 1.165) is 10.6 Å². The molecule has 0 fully saturated rings. The Morgan fingerprint density at radius 2 is 1.07 bits per heavy atom. The molecule has 0 amide bonds. The molecule has 0 bridgehead atoms. The van der Waals surface area contributed by atoms with Crippen LogP contribution < -0.4 is 20.8 Å². The van der Waals surface area contributed by atoms with Crippen LogP contribution in [0.3, 0.4) is 0 Å². The van der Waals surface area contributed by atoms with Crippen molar-refractivity contribution in [1.82, 2.24) is 0 Å². The van der Waals surface area contributed by atoms with E-state index < -0.39 is 7.26 Å². The molecule has 0 saturated carbocycles. The van der Waals surface area contributed by atoms with Crippen molar-refractivity contribution in [3.8, 4) is 0 Å². The van der Waals surface area contributed by atoms with Gasteiger partial charge in [-0.2, -0.15) is 0 Å². The predicted octanol–water partition coefficient (Wildman–Crippen LogP) is 5.74. The summed E-state index contributed by atoms with van der Waals surface area (Å²) in [6.45, 7) is 0. The zero-order valence-corrected chi connectivity index (χ0v) is 20.0. The van der Waals surface area contributed by atoms with E-state index in [1.165, 1.54) is 27.2 Å². The summed E-state index contributed by atoms with van der Waals surface area (Å²) >= 11 is 3.80. The number of anilines is 1. The van der Waals surface area contributed by atoms with Crippen LogP contribution in [0.1, 0.15) is 5.56 Å². The molecular formula is C27H27BrNP. The molecule has 3 heteroatoms. The summed E-state index contributed by atoms with van der Waals surface area (Å²) in [6, 6.07) is 40.1. The number of nitrogens with zero attached hydrogens (tertiary/aromatic N) is 1. The molecule has 1 nitrogen and oxygen atoms in total. The summed E-state index contributed by atoms with van der Waals surface area (Å²) in [5, 5.41) is 4.32. The molecule has 0 heterocycles. The first kappa shape index (κ1) is 20.8. The molecule has 0 aliphatic rings. The topological polar surface area (TPSA) is 3.24 Å². The molecule has 0 spiro atoms. The van der Waals surface area contributed by atoms with Gasteiger partial charge >= 0.3 is 189 Å². The fourth-order valence-corrected chi connectivity index (χ4v) is 9.81. The summed E-state index contributed by atoms with van der Waals surface area (Å²) in [7, 11) is 1.89. The zero-order valence-electron chi connectivity index (χ0n) is 17.4. The van der Waals surface area contributed by atoms with E-state index in [4.69, 9.17) is 0 Å². The van der Waals surface area contributed by atoms with E-state index in [9.17, 15) is 0 Å². The van der Waals surface area contributed by atoms with Gasteiger partial charge in [0.15, 0.2) is 0 Å². The Morgan fingerprint density at radius 1 is 0.633 bits per heavy atom. The van der Waals surface area contributed by atoms with Crippen LogP contribution in [0.2, 0.25) is 0 Å². The van der Waals surface area contributed by atoms with Crippen LogP contribution in [0.4, 0.5) is 5.69 Å². The first-order valence-corrected chi connectivity index (χ1v) is 13.2. The summed E-state index contributed by atoms with van der Waals surface area (Å²) in [4.78, 5) is 2.14. The summed E-state index contributed by atoms with van der Waals surface area (Å²) in [5.41, 5.74) is 2.56. The number of halogens is 1. The molecular weight excluding hydrogens is 449 g/mol. The van der Waals surface area contributed by atoms with Crippen LogP contribution in [0.15, 0.2) is 114 Å². The van der Waals surface area contributed by atoms with E-state index in [2.05, 4.69) is 144 Å². The van der Waals surface area contributed by atoms with E-state index in [1.54, 1.807) is 0 Å². The van der Waals surface area contributed by atoms with E-state index in [1.807, 2.05) is 0 Å². The van der Waals surface area contributed by atoms with Crippen molar-refractivity contribution in [1.29, 1.82) is 0 Å². The number of hydrogen-bond donors (Lipinski definition) is 0. The Bertz CT molecular complexity index is 999. The van der Waals surface area contributed by atoms with Crippen LogP contribution >= 0.6 is 23.2 Å². The monoisotopic (exact) mass is 475 g/mol. The van der Waals surface area contributed by atoms with Crippen molar-refractivity contribution < 1.29 is 0 Å². The molecule has 0 saturated heterocycles. The first-order valence-electron chi connectivity index (χ1n) is 10.2. The van der Waals surface area contributed by atoms with E-state index >= 15 is 0 Å². The van der Waals surface area contributed by atoms with Gasteiger partial charge < -0.3 is 0 Å². The van der Waals surface area contributed by atoms with Crippen LogP contribution in [0, 0.1) is 0 Å². The Labute approximate surface area is 188 Å². The number of rotatable bonds is 6. The fraction of sp³-hybridized carbons (Fsp3) is 0.111. The van der Waals surface area contributed by atoms with Crippen molar-refractivity contribution in [3.63, 3.8) is 0 Å². The molecule has 0 unspecified atom stereocenters. The molecule has 152 valence electrons. The van der Waals surface area contributed by atoms with Gasteiger partial charge in [-0.15, -0.1) is 0 Å². The van der Waals surface area contributed by atoms with Gasteiger partial charge in [0.1, 0.15) is 0 Å². The van der Waals surface area contributed by atoms with E-state index in [-0.39, 0.29) is 0 Å². The molecule has 0 aliphatic carbocycles. The predicted molar refractivity (Wildman–Crippen MR) is 139 cm³/mol. The molecule has 0 atom stereocenters. The SMILES string of the molecule is CN(C)c1ccc(C[PH](c2ccccc2)(c2ccccc2)c2ccccc2)cc1Br. The molecule has 0 aliphatic heterocycles. The standard InChI is InChI=1S/C27H27BrNP/c1-29(2)27-19-18-22(20-26(27)28)21-30(23-12-6-3-7-13-23,24-14-8-4-9-15-24)25-16-10-5-11-17-25/h3-20,30H,21H2,1-2H3. The van der Waals surface area contributed by atoms with Crippen molar-refractivity contribution in [2.24, 2.45) is 0 Å². The summed E-state index contributed by atoms with van der Waals surface area (Å²) in [5.74, 6) is 0. The van der Waals surface area contributed by atoms with Gasteiger partial charge in [0.05, 0.1) is 0 Å². The van der Waals surface area contributed by atoms with Crippen LogP contribution in [-0.2, 0) is 6.16 Å². The molecule has 4 aromatic rings. The molecule has 0 N–H and O–H groups in total. The normalized spacial score (nSPS) is 11.8. The number of hydrogen-bond acceptors (Lipinski definition) is 1. The fourth-order valence-electron chi connectivity index (χ4n) is 4.30. The second-order valence-electron chi connectivity index (χ2n) is 7.86. The van der Waals surface area contributed by atoms with Crippen LogP contribution in [0.5, 0.6) is 0 Å². The van der Waals surface area contributed by atoms with Gasteiger partial charge in [-0.1, -0.05) is 0 Å². The third kappa shape index (κ3) is 4.08. The molecule has 4 aromatic carbocycles. The Hall–Kier alpha value is -2.41. The molecule has 0 aromatic heterocycles. The van der Waals surface area contributed by atoms with Crippen LogP contribution in [0.25, 0.3) is 0 Å². The van der Waals surface area contributed by atoms with E-state index in [0.29, 0.717) is 0 Å². The van der Waals surface area contributed by atoms with Gasteiger partial charge in [0, 0.05) is 0 Å². The van der Waals surface area contributed by atoms with Crippen molar-refractivity contribution >= 4 is 44.8 Å². The Morgan fingerprint density at radius 3 is 1.43 bits per heavy atom. The first-order chi connectivity index (χ1) is 14.6. The zero-order chi connectivity index (χ0) is 21.0. The van der Waals surface area contributed by atoms with Crippen molar-refractivity contribution in [2.75, 3.05) is 19.0 Å². The third-order valence-corrected chi connectivity index (χ3v) is 11.3. The van der Waals surface area contributed by atoms with Gasteiger partial charge in [-0.25, -0.2) is 0 Å². The summed E-state index contributed by atoms with van der Waals surface area (Å²) in [6.07, 6.45) is 1.01. The second kappa shape index (κ2) is 9.16. The average molecular weight is 476 g/mol. The minimum absolute atomic E-state index is 1.01. The minimum atomic E-state index is -2.27. The molecule has 0 radical (unpaired) electrons. The number of benzene rings is 4. The van der Waals surface area contributed by atoms with Gasteiger partial charge in [-0.3, -0.25) is 0 Å². The maximum absolute atomic E-state index is 3.80. The second-order valence-corrected chi connectivity index (χ2v) is 12.6. The van der Waals surface area contributed by atoms with Gasteiger partial charge in [-0.05, 0) is 0 Å². The van der Waals surface area contributed by atoms with Crippen molar-refractivity contribution in [3.05, 3.63) is 119 Å². The quantitative estimate of drug-likeness (QED) is 0.321. The van der Waals surface area contributed by atoms with Gasteiger partial charge in [0.25, 0.3) is 0 Å². The Kier molecular flexibility index (Phi) is 6.37. The summed E-state index contributed by atoms with van der Waals surface area (Å²) < 4.78 is 1.14. The van der Waals surface area contributed by atoms with Crippen molar-refractivity contribution in [2.45, 2.75) is 6.16 Å². The maximum atomic E-state index is 3.80.